The number of aromatic nitrogens is 2. The number of hydrogen-bond donors (Lipinski definition) is 0. The smallest absolute Gasteiger partial charge is 0.239 e. The minimum absolute atomic E-state index is 0.496. The van der Waals surface area contributed by atoms with Gasteiger partial charge in [0.05, 0.1) is 14.2 Å². The number of nitrogens with zero attached hydrogens (tertiary/aromatic N) is 3. The first-order valence-corrected chi connectivity index (χ1v) is 5.36. The number of hydrogen-bond acceptors (Lipinski definition) is 5. The van der Waals surface area contributed by atoms with Crippen LogP contribution in [0, 0.1) is 0 Å². The van der Waals surface area contributed by atoms with Gasteiger partial charge in [0.25, 0.3) is 0 Å². The third kappa shape index (κ3) is 2.82. The van der Waals surface area contributed by atoms with E-state index in [1.165, 1.54) is 0 Å². The molecule has 2 heterocycles. The molecule has 0 N–H and O–H groups in total. The average Bonchev–Trinajstić information content (AvgIpc) is 2.46. The van der Waals surface area contributed by atoms with Crippen LogP contribution in [-0.4, -0.2) is 30.4 Å². The van der Waals surface area contributed by atoms with E-state index in [9.17, 15) is 0 Å². The second-order valence-corrected chi connectivity index (χ2v) is 3.42. The molecule has 0 saturated carbocycles. The third-order valence-corrected chi connectivity index (χ3v) is 2.27. The van der Waals surface area contributed by atoms with E-state index in [0.717, 1.165) is 5.56 Å². The van der Waals surface area contributed by atoms with Crippen molar-refractivity contribution in [2.24, 2.45) is 4.99 Å². The van der Waals surface area contributed by atoms with Crippen molar-refractivity contribution in [3.8, 4) is 11.8 Å². The molecule has 0 amide bonds. The zero-order chi connectivity index (χ0) is 12.8. The van der Waals surface area contributed by atoms with Crippen molar-refractivity contribution < 1.29 is 9.47 Å². The quantitative estimate of drug-likeness (QED) is 0.773. The molecule has 2 aromatic heterocycles. The molecule has 92 valence electrons. The van der Waals surface area contributed by atoms with Crippen molar-refractivity contribution >= 4 is 11.9 Å². The zero-order valence-corrected chi connectivity index (χ0v) is 10.2. The van der Waals surface area contributed by atoms with Crippen LogP contribution < -0.4 is 9.47 Å². The van der Waals surface area contributed by atoms with Crippen LogP contribution in [0.15, 0.2) is 41.7 Å². The normalized spacial score (nSPS) is 10.6. The van der Waals surface area contributed by atoms with E-state index in [2.05, 4.69) is 15.0 Å². The van der Waals surface area contributed by atoms with Crippen LogP contribution in [0.1, 0.15) is 5.56 Å². The Labute approximate surface area is 105 Å². The highest BCUT2D eigenvalue weighted by molar-refractivity contribution is 5.82. The molecule has 5 nitrogen and oxygen atoms in total. The van der Waals surface area contributed by atoms with Crippen LogP contribution in [-0.2, 0) is 0 Å². The van der Waals surface area contributed by atoms with Gasteiger partial charge in [0, 0.05) is 30.2 Å². The van der Waals surface area contributed by atoms with Crippen molar-refractivity contribution in [2.75, 3.05) is 14.2 Å². The summed E-state index contributed by atoms with van der Waals surface area (Å²) in [6.45, 7) is 0. The number of rotatable bonds is 4. The summed E-state index contributed by atoms with van der Waals surface area (Å²) in [5.41, 5.74) is 1.55. The highest BCUT2D eigenvalue weighted by Crippen LogP contribution is 2.23. The van der Waals surface area contributed by atoms with Gasteiger partial charge in [0.15, 0.2) is 0 Å². The standard InChI is InChI=1S/C13H13N3O2/c1-17-12-6-5-10(9-16-12)8-15-11-4-3-7-14-13(11)18-2/h3-9H,1-2H3. The number of methoxy groups -OCH3 is 2. The molecular weight excluding hydrogens is 230 g/mol. The van der Waals surface area contributed by atoms with E-state index in [1.807, 2.05) is 18.2 Å². The van der Waals surface area contributed by atoms with Crippen molar-refractivity contribution in [3.05, 3.63) is 42.2 Å². The highest BCUT2D eigenvalue weighted by atomic mass is 16.5. The molecule has 0 aliphatic heterocycles. The van der Waals surface area contributed by atoms with Gasteiger partial charge in [-0.3, -0.25) is 4.99 Å². The lowest BCUT2D eigenvalue weighted by molar-refractivity contribution is 0.398. The van der Waals surface area contributed by atoms with Gasteiger partial charge in [-0.25, -0.2) is 9.97 Å². The Hall–Kier alpha value is -2.43. The van der Waals surface area contributed by atoms with Crippen molar-refractivity contribution in [1.82, 2.24) is 9.97 Å². The molecule has 0 aromatic carbocycles. The zero-order valence-electron chi connectivity index (χ0n) is 10.2. The maximum atomic E-state index is 5.11. The molecule has 0 unspecified atom stereocenters. The Morgan fingerprint density at radius 3 is 2.67 bits per heavy atom. The molecule has 2 rings (SSSR count). The number of ether oxygens (including phenoxy) is 2. The summed E-state index contributed by atoms with van der Waals surface area (Å²) in [6, 6.07) is 7.29. The molecule has 18 heavy (non-hydrogen) atoms. The monoisotopic (exact) mass is 243 g/mol. The second kappa shape index (κ2) is 5.77. The largest absolute Gasteiger partial charge is 0.481 e. The van der Waals surface area contributed by atoms with Crippen molar-refractivity contribution in [3.63, 3.8) is 0 Å². The third-order valence-electron chi connectivity index (χ3n) is 2.27. The van der Waals surface area contributed by atoms with Crippen LogP contribution >= 0.6 is 0 Å². The number of pyridine rings is 2. The molecule has 0 radical (unpaired) electrons. The molecule has 5 heteroatoms. The summed E-state index contributed by atoms with van der Waals surface area (Å²) < 4.78 is 10.1. The van der Waals surface area contributed by atoms with E-state index < -0.39 is 0 Å². The fraction of sp³-hybridized carbons (Fsp3) is 0.154. The highest BCUT2D eigenvalue weighted by Gasteiger charge is 2.00. The fourth-order valence-corrected chi connectivity index (χ4v) is 1.37. The van der Waals surface area contributed by atoms with E-state index >= 15 is 0 Å². The lowest BCUT2D eigenvalue weighted by Crippen LogP contribution is -1.89. The Balaban J connectivity index is 2.19. The summed E-state index contributed by atoms with van der Waals surface area (Å²) in [4.78, 5) is 12.5. The van der Waals surface area contributed by atoms with Crippen LogP contribution in [0.5, 0.6) is 11.8 Å². The second-order valence-electron chi connectivity index (χ2n) is 3.42. The minimum atomic E-state index is 0.496. The molecule has 0 aliphatic rings. The molecular formula is C13H13N3O2. The van der Waals surface area contributed by atoms with Gasteiger partial charge < -0.3 is 9.47 Å². The first-order valence-electron chi connectivity index (χ1n) is 5.36. The minimum Gasteiger partial charge on any atom is -0.481 e. The summed E-state index contributed by atoms with van der Waals surface area (Å²) in [5, 5.41) is 0. The van der Waals surface area contributed by atoms with Crippen LogP contribution in [0.3, 0.4) is 0 Å². The van der Waals surface area contributed by atoms with Gasteiger partial charge in [-0.2, -0.15) is 0 Å². The van der Waals surface area contributed by atoms with E-state index in [-0.39, 0.29) is 0 Å². The first-order chi connectivity index (χ1) is 8.83. The summed E-state index contributed by atoms with van der Waals surface area (Å²) in [6.07, 6.45) is 5.05. The maximum absolute atomic E-state index is 5.11. The van der Waals surface area contributed by atoms with Crippen LogP contribution in [0.2, 0.25) is 0 Å². The lowest BCUT2D eigenvalue weighted by Gasteiger charge is -2.01. The van der Waals surface area contributed by atoms with Crippen molar-refractivity contribution in [1.29, 1.82) is 0 Å². The topological polar surface area (TPSA) is 56.6 Å². The van der Waals surface area contributed by atoms with Gasteiger partial charge in [-0.1, -0.05) is 0 Å². The van der Waals surface area contributed by atoms with Gasteiger partial charge in [-0.15, -0.1) is 0 Å². The molecule has 0 bridgehead atoms. The average molecular weight is 243 g/mol. The first kappa shape index (κ1) is 12.0. The van der Waals surface area contributed by atoms with Gasteiger partial charge in [-0.05, 0) is 18.2 Å². The van der Waals surface area contributed by atoms with E-state index in [0.29, 0.717) is 17.4 Å². The summed E-state index contributed by atoms with van der Waals surface area (Å²) in [7, 11) is 3.15. The molecule has 0 saturated heterocycles. The Kier molecular flexibility index (Phi) is 3.86. The predicted octanol–water partition coefficient (Wildman–Crippen LogP) is 2.24. The molecule has 0 aliphatic carbocycles. The summed E-state index contributed by atoms with van der Waals surface area (Å²) in [5.74, 6) is 1.07. The van der Waals surface area contributed by atoms with Gasteiger partial charge in [0.2, 0.25) is 11.8 Å². The molecule has 0 atom stereocenters. The number of aliphatic imine (C=N–C) groups is 1. The Morgan fingerprint density at radius 1 is 1.11 bits per heavy atom. The maximum Gasteiger partial charge on any atom is 0.239 e. The van der Waals surface area contributed by atoms with E-state index in [4.69, 9.17) is 9.47 Å². The molecule has 2 aromatic rings. The summed E-state index contributed by atoms with van der Waals surface area (Å²) >= 11 is 0. The predicted molar refractivity (Wildman–Crippen MR) is 68.8 cm³/mol. The lowest BCUT2D eigenvalue weighted by atomic mass is 10.3. The van der Waals surface area contributed by atoms with Crippen molar-refractivity contribution in [2.45, 2.75) is 0 Å². The molecule has 0 spiro atoms. The molecule has 0 fully saturated rings. The van der Waals surface area contributed by atoms with Crippen LogP contribution in [0.4, 0.5) is 5.69 Å². The van der Waals surface area contributed by atoms with Gasteiger partial charge in [0.1, 0.15) is 5.69 Å². The van der Waals surface area contributed by atoms with E-state index in [1.54, 1.807) is 38.9 Å². The SMILES string of the molecule is COc1ccc(C=Nc2cccnc2OC)cn1. The Bertz CT molecular complexity index is 538. The Morgan fingerprint density at radius 2 is 2.00 bits per heavy atom. The van der Waals surface area contributed by atoms with Crippen LogP contribution in [0.25, 0.3) is 0 Å². The van der Waals surface area contributed by atoms with Gasteiger partial charge >= 0.3 is 0 Å². The fourth-order valence-electron chi connectivity index (χ4n) is 1.37.